The van der Waals surface area contributed by atoms with Gasteiger partial charge in [-0.05, 0) is 28.4 Å². The van der Waals surface area contributed by atoms with Crippen molar-refractivity contribution in [3.8, 4) is 11.1 Å². The maximum atomic E-state index is 3.67. The van der Waals surface area contributed by atoms with Crippen LogP contribution in [0.5, 0.6) is 0 Å². The molecule has 0 spiro atoms. The summed E-state index contributed by atoms with van der Waals surface area (Å²) in [6, 6.07) is 30.2. The van der Waals surface area contributed by atoms with E-state index in [2.05, 4.69) is 149 Å². The third kappa shape index (κ3) is 10.2. The Labute approximate surface area is 284 Å². The summed E-state index contributed by atoms with van der Waals surface area (Å²) in [7, 11) is 0. The Kier molecular flexibility index (Phi) is 14.5. The molecule has 0 saturated heterocycles. The zero-order chi connectivity index (χ0) is 29.8. The van der Waals surface area contributed by atoms with Crippen LogP contribution in [0.25, 0.3) is 11.1 Å². The van der Waals surface area contributed by atoms with Gasteiger partial charge in [0.05, 0.1) is 0 Å². The Bertz CT molecular complexity index is 1380. The second-order valence-electron chi connectivity index (χ2n) is 13.6. The fourth-order valence-corrected chi connectivity index (χ4v) is 5.57. The topological polar surface area (TPSA) is 0 Å². The fraction of sp³-hybridized carbons (Fsp3) is 0.385. The molecule has 0 bridgehead atoms. The molecule has 4 aromatic rings. The van der Waals surface area contributed by atoms with E-state index in [1.807, 2.05) is 6.07 Å². The predicted molar refractivity (Wildman–Crippen MR) is 173 cm³/mol. The van der Waals surface area contributed by atoms with Crippen molar-refractivity contribution in [2.24, 2.45) is 0 Å². The number of halogens is 2. The Morgan fingerprint density at radius 2 is 1.40 bits per heavy atom. The first-order chi connectivity index (χ1) is 18.6. The normalized spacial score (nSPS) is 11.6. The van der Waals surface area contributed by atoms with Gasteiger partial charge >= 0.3 is 70.3 Å². The molecule has 0 fully saturated rings. The van der Waals surface area contributed by atoms with E-state index in [9.17, 15) is 0 Å². The summed E-state index contributed by atoms with van der Waals surface area (Å²) in [4.78, 5) is 0. The van der Waals surface area contributed by atoms with Gasteiger partial charge < -0.3 is 24.8 Å². The van der Waals surface area contributed by atoms with E-state index >= 15 is 0 Å². The minimum Gasteiger partial charge on any atom is -1.00 e. The van der Waals surface area contributed by atoms with Crippen molar-refractivity contribution < 1.29 is 49.0 Å². The van der Waals surface area contributed by atoms with Crippen LogP contribution in [0.2, 0.25) is 0 Å². The molecule has 0 aromatic heterocycles. The molecule has 0 saturated carbocycles. The fourth-order valence-electron chi connectivity index (χ4n) is 5.16. The van der Waals surface area contributed by atoms with Crippen LogP contribution in [0.3, 0.4) is 0 Å². The molecule has 0 N–H and O–H groups in total. The molecule has 5 rings (SSSR count). The Morgan fingerprint density at radius 3 is 1.83 bits per heavy atom. The third-order valence-electron chi connectivity index (χ3n) is 7.58. The van der Waals surface area contributed by atoms with Crippen LogP contribution in [-0.2, 0) is 41.5 Å². The number of hydrogen-bond acceptors (Lipinski definition) is 0. The van der Waals surface area contributed by atoms with Crippen LogP contribution in [0.15, 0.2) is 72.8 Å². The number of fused-ring (bicyclic) bond motifs is 3. The van der Waals surface area contributed by atoms with Gasteiger partial charge in [-0.25, -0.2) is 6.07 Å². The van der Waals surface area contributed by atoms with E-state index in [1.54, 1.807) is 0 Å². The van der Waals surface area contributed by atoms with Crippen molar-refractivity contribution in [2.45, 2.75) is 99.3 Å². The summed E-state index contributed by atoms with van der Waals surface area (Å²) < 4.78 is 1.46. The predicted octanol–water partition coefficient (Wildman–Crippen LogP) is 4.58. The second kappa shape index (κ2) is 15.9. The summed E-state index contributed by atoms with van der Waals surface area (Å²) in [5.74, 6) is 0.675. The van der Waals surface area contributed by atoms with Crippen LogP contribution in [0.4, 0.5) is 0 Å². The molecular weight excluding hydrogens is 631 g/mol. The van der Waals surface area contributed by atoms with E-state index in [0.717, 1.165) is 6.42 Å². The molecule has 0 amide bonds. The van der Waals surface area contributed by atoms with Gasteiger partial charge in [-0.2, -0.15) is 46.5 Å². The molecule has 42 heavy (non-hydrogen) atoms. The van der Waals surface area contributed by atoms with Gasteiger partial charge in [0.15, 0.2) is 0 Å². The van der Waals surface area contributed by atoms with E-state index in [-0.39, 0.29) is 35.6 Å². The van der Waals surface area contributed by atoms with E-state index in [4.69, 9.17) is 0 Å². The summed E-state index contributed by atoms with van der Waals surface area (Å²) in [5, 5.41) is 0. The quantitative estimate of drug-likeness (QED) is 0.240. The average Bonchev–Trinajstić information content (AvgIpc) is 3.42. The number of hydrogen-bond donors (Lipinski definition) is 0. The Balaban J connectivity index is 0.000000353. The van der Waals surface area contributed by atoms with Crippen LogP contribution in [0, 0.1) is 19.9 Å². The zero-order valence-electron chi connectivity index (χ0n) is 27.5. The van der Waals surface area contributed by atoms with Gasteiger partial charge in [0.2, 0.25) is 0 Å². The first-order valence-corrected chi connectivity index (χ1v) is 15.8. The van der Waals surface area contributed by atoms with Gasteiger partial charge in [0.1, 0.15) is 0 Å². The maximum absolute atomic E-state index is 3.67. The average molecular weight is 679 g/mol. The molecule has 1 aliphatic carbocycles. The minimum absolute atomic E-state index is 0. The summed E-state index contributed by atoms with van der Waals surface area (Å²) >= 11 is 1.51. The minimum atomic E-state index is 0. The molecule has 0 aliphatic heterocycles. The third-order valence-corrected chi connectivity index (χ3v) is 8.29. The van der Waals surface area contributed by atoms with E-state index in [0.29, 0.717) is 5.92 Å². The first kappa shape index (κ1) is 38.4. The van der Waals surface area contributed by atoms with Crippen molar-refractivity contribution in [1.82, 2.24) is 0 Å². The van der Waals surface area contributed by atoms with Crippen molar-refractivity contribution in [2.75, 3.05) is 0 Å². The molecule has 0 unspecified atom stereocenters. The number of rotatable bonds is 2. The van der Waals surface area contributed by atoms with Crippen molar-refractivity contribution >= 4 is 3.21 Å². The summed E-state index contributed by atoms with van der Waals surface area (Å²) in [6.07, 6.45) is 1.03. The molecule has 224 valence electrons. The standard InChI is InChI=1S/C21H25.C10H15.C8H8.2ClH.Zr/c1-20(2,3)16-7-9-18-14(12-16)11-15-13-17(21(4,5)6)8-10-19(15)18;1-7(2)10-6-8(3)5-9(10)4;1-2-8-6-4-3-5-7-8;;;/h7-10,12H,11H2,1-6H3;5-7H,1-4H3;3-7H,1H3;2*1H;/q2*-1;;;;+2/p-2. The molecule has 3 heteroatoms. The van der Waals surface area contributed by atoms with Gasteiger partial charge in [0, 0.05) is 0 Å². The molecule has 0 atom stereocenters. The molecule has 4 aromatic carbocycles. The van der Waals surface area contributed by atoms with Crippen molar-refractivity contribution in [3.05, 3.63) is 123 Å². The van der Waals surface area contributed by atoms with Crippen LogP contribution in [-0.4, -0.2) is 3.21 Å². The monoisotopic (exact) mass is 676 g/mol. The summed E-state index contributed by atoms with van der Waals surface area (Å²) in [5.41, 5.74) is 14.4. The van der Waals surface area contributed by atoms with Crippen molar-refractivity contribution in [3.63, 3.8) is 0 Å². The Morgan fingerprint density at radius 1 is 0.810 bits per heavy atom. The van der Waals surface area contributed by atoms with Gasteiger partial charge in [-0.1, -0.05) is 98.9 Å². The molecule has 0 heterocycles. The second-order valence-corrected chi connectivity index (χ2v) is 15.5. The molecular formula is C39H48Cl2Zr-2. The Hall–Kier alpha value is -1.66. The van der Waals surface area contributed by atoms with Gasteiger partial charge in [-0.15, -0.1) is 11.1 Å². The number of aryl methyl sites for hydroxylation is 2. The zero-order valence-corrected chi connectivity index (χ0v) is 31.4. The number of benzene rings is 3. The van der Waals surface area contributed by atoms with E-state index < -0.39 is 0 Å². The van der Waals surface area contributed by atoms with Crippen LogP contribution < -0.4 is 24.8 Å². The van der Waals surface area contributed by atoms with Gasteiger partial charge in [0.25, 0.3) is 0 Å². The largest absolute Gasteiger partial charge is 1.00 e. The molecule has 0 radical (unpaired) electrons. The SMILES string of the molecule is CC(C)(C)c1[c-]c2c(cc1)-c1ccc(C(C)(C)C)cc1C2.C[C](=[Zr+2])c1ccccc1.Cc1cc(C(C)C)c(C)[cH-]1.[Cl-].[Cl-]. The first-order valence-electron chi connectivity index (χ1n) is 14.6. The summed E-state index contributed by atoms with van der Waals surface area (Å²) in [6.45, 7) is 24.6. The van der Waals surface area contributed by atoms with Crippen LogP contribution in [0.1, 0.15) is 113 Å². The van der Waals surface area contributed by atoms with Crippen molar-refractivity contribution in [1.29, 1.82) is 0 Å². The smallest absolute Gasteiger partial charge is 0.0632 e. The molecule has 1 aliphatic rings. The van der Waals surface area contributed by atoms with Gasteiger partial charge in [-0.3, -0.25) is 0 Å². The maximum Gasteiger partial charge on any atom is -0.0632 e. The van der Waals surface area contributed by atoms with Crippen LogP contribution >= 0.6 is 0 Å². The molecule has 0 nitrogen and oxygen atoms in total. The van der Waals surface area contributed by atoms with E-state index in [1.165, 1.54) is 83.1 Å².